The van der Waals surface area contributed by atoms with Crippen LogP contribution in [0, 0.1) is 5.92 Å². The second-order valence-electron chi connectivity index (χ2n) is 3.56. The van der Waals surface area contributed by atoms with E-state index >= 15 is 0 Å². The van der Waals surface area contributed by atoms with E-state index in [1.807, 2.05) is 13.0 Å². The van der Waals surface area contributed by atoms with Crippen LogP contribution in [0.5, 0.6) is 0 Å². The number of Topliss-reactive ketones (excluding diaryl/α,β-unsaturated/α-hetero) is 1. The highest BCUT2D eigenvalue weighted by Crippen LogP contribution is 2.26. The molecule has 17 heavy (non-hydrogen) atoms. The molecule has 0 aromatic carbocycles. The Morgan fingerprint density at radius 3 is 2.59 bits per heavy atom. The van der Waals surface area contributed by atoms with Crippen LogP contribution in [0.1, 0.15) is 36.4 Å². The molecule has 0 saturated heterocycles. The molecule has 94 valence electrons. The second-order valence-corrected chi connectivity index (χ2v) is 6.02. The van der Waals surface area contributed by atoms with Gasteiger partial charge < -0.3 is 4.74 Å². The summed E-state index contributed by atoms with van der Waals surface area (Å²) in [7, 11) is 0. The van der Waals surface area contributed by atoms with Crippen molar-refractivity contribution >= 4 is 39.0 Å². The molecule has 1 unspecified atom stereocenters. The van der Waals surface area contributed by atoms with E-state index in [0.29, 0.717) is 17.9 Å². The Labute approximate surface area is 113 Å². The highest BCUT2D eigenvalue weighted by Gasteiger charge is 2.28. The summed E-state index contributed by atoms with van der Waals surface area (Å²) in [5.74, 6) is -1.21. The Hall–Kier alpha value is -0.680. The third-order valence-electron chi connectivity index (χ3n) is 2.28. The first-order chi connectivity index (χ1) is 8.10. The fraction of sp³-hybridized carbons (Fsp3) is 0.500. The topological polar surface area (TPSA) is 43.4 Å². The normalized spacial score (nSPS) is 12.2. The van der Waals surface area contributed by atoms with Gasteiger partial charge in [0.05, 0.1) is 15.3 Å². The van der Waals surface area contributed by atoms with Crippen LogP contribution in [0.2, 0.25) is 0 Å². The molecular weight excluding hydrogens is 304 g/mol. The Morgan fingerprint density at radius 1 is 1.41 bits per heavy atom. The summed E-state index contributed by atoms with van der Waals surface area (Å²) >= 11 is 4.65. The Kier molecular flexibility index (Phi) is 5.85. The predicted molar refractivity (Wildman–Crippen MR) is 71.4 cm³/mol. The molecule has 0 spiro atoms. The lowest BCUT2D eigenvalue weighted by Crippen LogP contribution is -2.25. The highest BCUT2D eigenvalue weighted by atomic mass is 79.9. The largest absolute Gasteiger partial charge is 0.465 e. The zero-order valence-electron chi connectivity index (χ0n) is 9.86. The smallest absolute Gasteiger partial charge is 0.316 e. The van der Waals surface area contributed by atoms with Crippen molar-refractivity contribution < 1.29 is 14.3 Å². The van der Waals surface area contributed by atoms with Crippen LogP contribution in [-0.4, -0.2) is 18.4 Å². The summed E-state index contributed by atoms with van der Waals surface area (Å²) in [6.45, 7) is 4.00. The lowest BCUT2D eigenvalue weighted by atomic mass is 9.98. The fourth-order valence-corrected chi connectivity index (χ4v) is 2.89. The number of halogens is 1. The van der Waals surface area contributed by atoms with Gasteiger partial charge in [-0.05, 0) is 41.4 Å². The molecule has 1 aromatic heterocycles. The molecule has 0 aliphatic carbocycles. The minimum atomic E-state index is -0.662. The number of rotatable bonds is 6. The fourth-order valence-electron chi connectivity index (χ4n) is 1.51. The van der Waals surface area contributed by atoms with Gasteiger partial charge in [0.25, 0.3) is 0 Å². The van der Waals surface area contributed by atoms with Crippen LogP contribution in [0.4, 0.5) is 0 Å². The number of carbonyl (C=O) groups is 2. The van der Waals surface area contributed by atoms with Crippen molar-refractivity contribution in [1.29, 1.82) is 0 Å². The molecule has 5 heteroatoms. The summed E-state index contributed by atoms with van der Waals surface area (Å²) in [4.78, 5) is 24.5. The molecule has 1 aromatic rings. The van der Waals surface area contributed by atoms with E-state index in [2.05, 4.69) is 15.9 Å². The van der Waals surface area contributed by atoms with E-state index in [-0.39, 0.29) is 5.78 Å². The van der Waals surface area contributed by atoms with Gasteiger partial charge in [0.1, 0.15) is 5.92 Å². The first-order valence-electron chi connectivity index (χ1n) is 5.56. The van der Waals surface area contributed by atoms with Crippen LogP contribution < -0.4 is 0 Å². The van der Waals surface area contributed by atoms with Crippen molar-refractivity contribution in [3.05, 3.63) is 20.8 Å². The summed E-state index contributed by atoms with van der Waals surface area (Å²) < 4.78 is 5.83. The molecule has 1 atom stereocenters. The Morgan fingerprint density at radius 2 is 2.12 bits per heavy atom. The van der Waals surface area contributed by atoms with Crippen LogP contribution in [0.25, 0.3) is 0 Å². The second kappa shape index (κ2) is 6.91. The molecule has 3 nitrogen and oxygen atoms in total. The van der Waals surface area contributed by atoms with Gasteiger partial charge in [-0.1, -0.05) is 13.3 Å². The number of thiophene rings is 1. The molecule has 0 saturated carbocycles. The van der Waals surface area contributed by atoms with Gasteiger partial charge in [-0.25, -0.2) is 0 Å². The lowest BCUT2D eigenvalue weighted by molar-refractivity contribution is -0.146. The van der Waals surface area contributed by atoms with Gasteiger partial charge in [-0.2, -0.15) is 0 Å². The SMILES string of the molecule is CCCC(C(=O)OCC)C(=O)c1ccc(Br)s1. The van der Waals surface area contributed by atoms with Crippen molar-refractivity contribution in [3.8, 4) is 0 Å². The molecule has 0 amide bonds. The van der Waals surface area contributed by atoms with Crippen molar-refractivity contribution in [2.45, 2.75) is 26.7 Å². The lowest BCUT2D eigenvalue weighted by Gasteiger charge is -2.12. The summed E-state index contributed by atoms with van der Waals surface area (Å²) in [5.41, 5.74) is 0. The van der Waals surface area contributed by atoms with Gasteiger partial charge in [0.2, 0.25) is 0 Å². The number of carbonyl (C=O) groups excluding carboxylic acids is 2. The van der Waals surface area contributed by atoms with Crippen molar-refractivity contribution in [3.63, 3.8) is 0 Å². The molecule has 0 aliphatic rings. The van der Waals surface area contributed by atoms with Gasteiger partial charge >= 0.3 is 5.97 Å². The zero-order valence-corrected chi connectivity index (χ0v) is 12.3. The maximum atomic E-state index is 12.2. The average Bonchev–Trinajstić information content (AvgIpc) is 2.72. The number of ether oxygens (including phenoxy) is 1. The minimum Gasteiger partial charge on any atom is -0.465 e. The number of hydrogen-bond donors (Lipinski definition) is 0. The van der Waals surface area contributed by atoms with Crippen LogP contribution >= 0.6 is 27.3 Å². The number of hydrogen-bond acceptors (Lipinski definition) is 4. The zero-order chi connectivity index (χ0) is 12.8. The van der Waals surface area contributed by atoms with Crippen molar-refractivity contribution in [2.24, 2.45) is 5.92 Å². The molecule has 0 bridgehead atoms. The van der Waals surface area contributed by atoms with E-state index in [1.54, 1.807) is 13.0 Å². The van der Waals surface area contributed by atoms with Crippen LogP contribution in [-0.2, 0) is 9.53 Å². The van der Waals surface area contributed by atoms with E-state index in [9.17, 15) is 9.59 Å². The van der Waals surface area contributed by atoms with E-state index in [0.717, 1.165) is 10.2 Å². The number of esters is 1. The molecule has 0 aliphatic heterocycles. The minimum absolute atomic E-state index is 0.138. The molecular formula is C12H15BrO3S. The standard InChI is InChI=1S/C12H15BrO3S/c1-3-5-8(12(15)16-4-2)11(14)9-6-7-10(13)17-9/h6-8H,3-5H2,1-2H3. The molecule has 0 fully saturated rings. The first-order valence-corrected chi connectivity index (χ1v) is 7.17. The van der Waals surface area contributed by atoms with E-state index < -0.39 is 11.9 Å². The molecule has 1 rings (SSSR count). The third kappa shape index (κ3) is 3.92. The van der Waals surface area contributed by atoms with Crippen LogP contribution in [0.15, 0.2) is 15.9 Å². The Bertz CT molecular complexity index is 400. The van der Waals surface area contributed by atoms with Gasteiger partial charge in [-0.15, -0.1) is 11.3 Å². The summed E-state index contributed by atoms with van der Waals surface area (Å²) in [5, 5.41) is 0. The monoisotopic (exact) mass is 318 g/mol. The van der Waals surface area contributed by atoms with Crippen LogP contribution in [0.3, 0.4) is 0 Å². The summed E-state index contributed by atoms with van der Waals surface area (Å²) in [6, 6.07) is 3.55. The molecule has 1 heterocycles. The van der Waals surface area contributed by atoms with E-state index in [1.165, 1.54) is 11.3 Å². The van der Waals surface area contributed by atoms with Crippen molar-refractivity contribution in [1.82, 2.24) is 0 Å². The highest BCUT2D eigenvalue weighted by molar-refractivity contribution is 9.11. The number of ketones is 1. The predicted octanol–water partition coefficient (Wildman–Crippen LogP) is 3.67. The first kappa shape index (κ1) is 14.4. The maximum Gasteiger partial charge on any atom is 0.316 e. The van der Waals surface area contributed by atoms with Gasteiger partial charge in [-0.3, -0.25) is 9.59 Å². The van der Waals surface area contributed by atoms with Crippen molar-refractivity contribution in [2.75, 3.05) is 6.61 Å². The molecule has 0 radical (unpaired) electrons. The Balaban J connectivity index is 2.83. The maximum absolute atomic E-state index is 12.2. The van der Waals surface area contributed by atoms with E-state index in [4.69, 9.17) is 4.74 Å². The van der Waals surface area contributed by atoms with Gasteiger partial charge in [0.15, 0.2) is 5.78 Å². The quantitative estimate of drug-likeness (QED) is 0.456. The molecule has 0 N–H and O–H groups in total. The average molecular weight is 319 g/mol. The summed E-state index contributed by atoms with van der Waals surface area (Å²) in [6.07, 6.45) is 1.31. The van der Waals surface area contributed by atoms with Gasteiger partial charge in [0, 0.05) is 0 Å². The third-order valence-corrected chi connectivity index (χ3v) is 3.92.